The van der Waals surface area contributed by atoms with Crippen LogP contribution in [0, 0.1) is 5.92 Å². The first kappa shape index (κ1) is 18.4. The van der Waals surface area contributed by atoms with Gasteiger partial charge in [0, 0.05) is 37.0 Å². The van der Waals surface area contributed by atoms with Crippen molar-refractivity contribution in [3.05, 3.63) is 22.4 Å². The Morgan fingerprint density at radius 2 is 2.20 bits per heavy atom. The highest BCUT2D eigenvalue weighted by Crippen LogP contribution is 2.19. The number of amides is 2. The van der Waals surface area contributed by atoms with Crippen LogP contribution in [-0.2, 0) is 20.7 Å². The van der Waals surface area contributed by atoms with Crippen LogP contribution in [0.25, 0.3) is 0 Å². The van der Waals surface area contributed by atoms with E-state index in [-0.39, 0.29) is 29.9 Å². The highest BCUT2D eigenvalue weighted by molar-refractivity contribution is 7.09. The minimum atomic E-state index is -0.259. The van der Waals surface area contributed by atoms with Crippen LogP contribution in [0.15, 0.2) is 17.5 Å². The molecule has 25 heavy (non-hydrogen) atoms. The van der Waals surface area contributed by atoms with E-state index in [1.54, 1.807) is 11.3 Å². The molecule has 1 aromatic heterocycles. The molecule has 2 atom stereocenters. The van der Waals surface area contributed by atoms with E-state index in [1.807, 2.05) is 17.9 Å². The average molecular weight is 365 g/mol. The Hall–Kier alpha value is -1.44. The number of nitrogens with zero attached hydrogens (tertiary/aromatic N) is 1. The molecule has 0 bridgehead atoms. The van der Waals surface area contributed by atoms with Crippen LogP contribution in [0.4, 0.5) is 0 Å². The van der Waals surface area contributed by atoms with E-state index >= 15 is 0 Å². The maximum absolute atomic E-state index is 12.6. The van der Waals surface area contributed by atoms with Gasteiger partial charge in [0.2, 0.25) is 11.8 Å². The summed E-state index contributed by atoms with van der Waals surface area (Å²) >= 11 is 1.72. The number of rotatable bonds is 5. The standard InChI is InChI=1S/C18H27N3O3S/c1-13-16(19-8-11-24-13)18(23)21-9-5-14(6-10-21)17(22)20-7-4-15-3-2-12-25-15/h2-3,12-14,16,19H,4-11H2,1H3,(H,20,22)/t13-,16+/m1/s1. The quantitative estimate of drug-likeness (QED) is 0.817. The molecule has 2 N–H and O–H groups in total. The number of morpholine rings is 1. The first-order valence-electron chi connectivity index (χ1n) is 9.09. The second kappa shape index (κ2) is 8.78. The summed E-state index contributed by atoms with van der Waals surface area (Å²) in [5.74, 6) is 0.236. The Kier molecular flexibility index (Phi) is 6.45. The van der Waals surface area contributed by atoms with Gasteiger partial charge in [-0.25, -0.2) is 0 Å². The van der Waals surface area contributed by atoms with Crippen molar-refractivity contribution in [2.24, 2.45) is 5.92 Å². The number of piperidine rings is 1. The van der Waals surface area contributed by atoms with Crippen LogP contribution >= 0.6 is 11.3 Å². The summed E-state index contributed by atoms with van der Waals surface area (Å²) in [4.78, 5) is 28.1. The van der Waals surface area contributed by atoms with Crippen molar-refractivity contribution in [2.75, 3.05) is 32.8 Å². The molecule has 0 spiro atoms. The van der Waals surface area contributed by atoms with Crippen LogP contribution in [0.3, 0.4) is 0 Å². The highest BCUT2D eigenvalue weighted by Gasteiger charge is 2.34. The van der Waals surface area contributed by atoms with E-state index < -0.39 is 0 Å². The zero-order valence-corrected chi connectivity index (χ0v) is 15.5. The van der Waals surface area contributed by atoms with Gasteiger partial charge < -0.3 is 20.3 Å². The van der Waals surface area contributed by atoms with E-state index in [2.05, 4.69) is 22.1 Å². The van der Waals surface area contributed by atoms with Crippen molar-refractivity contribution >= 4 is 23.2 Å². The zero-order valence-electron chi connectivity index (χ0n) is 14.7. The van der Waals surface area contributed by atoms with Crippen molar-refractivity contribution in [2.45, 2.75) is 38.3 Å². The maximum atomic E-state index is 12.6. The Balaban J connectivity index is 1.40. The minimum absolute atomic E-state index is 0.0142. The van der Waals surface area contributed by atoms with Crippen molar-refractivity contribution in [3.63, 3.8) is 0 Å². The molecule has 0 radical (unpaired) electrons. The van der Waals surface area contributed by atoms with Gasteiger partial charge in [-0.2, -0.15) is 0 Å². The van der Waals surface area contributed by atoms with Gasteiger partial charge in [0.1, 0.15) is 6.04 Å². The molecular weight excluding hydrogens is 338 g/mol. The molecule has 7 heteroatoms. The summed E-state index contributed by atoms with van der Waals surface area (Å²) in [5, 5.41) is 8.34. The van der Waals surface area contributed by atoms with Crippen LogP contribution in [-0.4, -0.2) is 61.6 Å². The van der Waals surface area contributed by atoms with Crippen molar-refractivity contribution < 1.29 is 14.3 Å². The first-order chi connectivity index (χ1) is 12.1. The first-order valence-corrected chi connectivity index (χ1v) is 9.97. The molecule has 3 heterocycles. The van der Waals surface area contributed by atoms with Gasteiger partial charge in [0.05, 0.1) is 12.7 Å². The van der Waals surface area contributed by atoms with E-state index in [0.29, 0.717) is 32.8 Å². The summed E-state index contributed by atoms with van der Waals surface area (Å²) in [6, 6.07) is 3.86. The molecule has 2 aliphatic heterocycles. The molecule has 0 aromatic carbocycles. The van der Waals surface area contributed by atoms with Gasteiger partial charge >= 0.3 is 0 Å². The lowest BCUT2D eigenvalue weighted by molar-refractivity contribution is -0.142. The monoisotopic (exact) mass is 365 g/mol. The molecule has 0 saturated carbocycles. The largest absolute Gasteiger partial charge is 0.375 e. The fourth-order valence-electron chi connectivity index (χ4n) is 3.48. The molecule has 138 valence electrons. The Bertz CT molecular complexity index is 570. The molecule has 2 fully saturated rings. The third-order valence-electron chi connectivity index (χ3n) is 5.01. The number of likely N-dealkylation sites (tertiary alicyclic amines) is 1. The summed E-state index contributed by atoms with van der Waals surface area (Å²) in [6.45, 7) is 5.27. The topological polar surface area (TPSA) is 70.7 Å². The second-order valence-corrected chi connectivity index (χ2v) is 7.76. The fourth-order valence-corrected chi connectivity index (χ4v) is 4.19. The Labute approximate surface area is 152 Å². The van der Waals surface area contributed by atoms with Gasteiger partial charge in [-0.1, -0.05) is 6.07 Å². The summed E-state index contributed by atoms with van der Waals surface area (Å²) in [7, 11) is 0. The van der Waals surface area contributed by atoms with Gasteiger partial charge in [-0.3, -0.25) is 9.59 Å². The van der Waals surface area contributed by atoms with Crippen molar-refractivity contribution in [1.82, 2.24) is 15.5 Å². The Morgan fingerprint density at radius 1 is 1.40 bits per heavy atom. The van der Waals surface area contributed by atoms with Crippen LogP contribution in [0.1, 0.15) is 24.6 Å². The number of hydrogen-bond donors (Lipinski definition) is 2. The number of carbonyl (C=O) groups is 2. The lowest BCUT2D eigenvalue weighted by Crippen LogP contribution is -2.57. The van der Waals surface area contributed by atoms with Gasteiger partial charge in [0.15, 0.2) is 0 Å². The van der Waals surface area contributed by atoms with Crippen LogP contribution in [0.5, 0.6) is 0 Å². The molecule has 2 saturated heterocycles. The molecule has 2 aliphatic rings. The third-order valence-corrected chi connectivity index (χ3v) is 5.95. The lowest BCUT2D eigenvalue weighted by Gasteiger charge is -2.37. The highest BCUT2D eigenvalue weighted by atomic mass is 32.1. The molecule has 3 rings (SSSR count). The predicted molar refractivity (Wildman–Crippen MR) is 97.5 cm³/mol. The fraction of sp³-hybridized carbons (Fsp3) is 0.667. The van der Waals surface area contributed by atoms with Crippen molar-refractivity contribution in [3.8, 4) is 0 Å². The number of carbonyl (C=O) groups excluding carboxylic acids is 2. The lowest BCUT2D eigenvalue weighted by atomic mass is 9.95. The molecule has 0 unspecified atom stereocenters. The van der Waals surface area contributed by atoms with Crippen LogP contribution in [0.2, 0.25) is 0 Å². The normalized spacial score (nSPS) is 24.9. The van der Waals surface area contributed by atoms with Gasteiger partial charge in [-0.05, 0) is 37.6 Å². The molecule has 6 nitrogen and oxygen atoms in total. The Morgan fingerprint density at radius 3 is 2.88 bits per heavy atom. The molecule has 1 aromatic rings. The second-order valence-electron chi connectivity index (χ2n) is 6.73. The average Bonchev–Trinajstić information content (AvgIpc) is 3.15. The number of hydrogen-bond acceptors (Lipinski definition) is 5. The van der Waals surface area contributed by atoms with Crippen molar-refractivity contribution in [1.29, 1.82) is 0 Å². The van der Waals surface area contributed by atoms with Gasteiger partial charge in [-0.15, -0.1) is 11.3 Å². The predicted octanol–water partition coefficient (Wildman–Crippen LogP) is 1.02. The van der Waals surface area contributed by atoms with E-state index in [1.165, 1.54) is 4.88 Å². The number of nitrogens with one attached hydrogen (secondary N) is 2. The van der Waals surface area contributed by atoms with E-state index in [0.717, 1.165) is 19.3 Å². The molecule has 0 aliphatic carbocycles. The van der Waals surface area contributed by atoms with E-state index in [9.17, 15) is 9.59 Å². The minimum Gasteiger partial charge on any atom is -0.375 e. The zero-order chi connectivity index (χ0) is 17.6. The molecule has 2 amide bonds. The van der Waals surface area contributed by atoms with E-state index in [4.69, 9.17) is 4.74 Å². The smallest absolute Gasteiger partial charge is 0.242 e. The summed E-state index contributed by atoms with van der Waals surface area (Å²) in [6.07, 6.45) is 2.25. The van der Waals surface area contributed by atoms with Gasteiger partial charge in [0.25, 0.3) is 0 Å². The summed E-state index contributed by atoms with van der Waals surface area (Å²) in [5.41, 5.74) is 0. The molecular formula is C18H27N3O3S. The SMILES string of the molecule is C[C@H]1OCCN[C@@H]1C(=O)N1CCC(C(=O)NCCc2cccs2)CC1. The third kappa shape index (κ3) is 4.80. The number of ether oxygens (including phenoxy) is 1. The van der Waals surface area contributed by atoms with Crippen LogP contribution < -0.4 is 10.6 Å². The maximum Gasteiger partial charge on any atom is 0.242 e. The number of thiophene rings is 1. The summed E-state index contributed by atoms with van der Waals surface area (Å²) < 4.78 is 5.56.